The van der Waals surface area contributed by atoms with E-state index in [1.54, 1.807) is 0 Å². The van der Waals surface area contributed by atoms with Crippen LogP contribution in [0.15, 0.2) is 6.07 Å². The molecule has 0 radical (unpaired) electrons. The first-order chi connectivity index (χ1) is 8.70. The van der Waals surface area contributed by atoms with Crippen LogP contribution in [0.2, 0.25) is 0 Å². The van der Waals surface area contributed by atoms with Crippen LogP contribution >= 0.6 is 0 Å². The van der Waals surface area contributed by atoms with Crippen molar-refractivity contribution < 1.29 is 23.1 Å². The number of aromatic nitrogens is 3. The van der Waals surface area contributed by atoms with Crippen LogP contribution in [0.25, 0.3) is 11.0 Å². The van der Waals surface area contributed by atoms with Gasteiger partial charge in [-0.3, -0.25) is 4.79 Å². The molecular formula is C11H10F3N3O2. The first kappa shape index (κ1) is 13.3. The van der Waals surface area contributed by atoms with Crippen molar-refractivity contribution in [3.63, 3.8) is 0 Å². The maximum Gasteiger partial charge on any atom is 0.417 e. The van der Waals surface area contributed by atoms with Gasteiger partial charge in [-0.25, -0.2) is 9.67 Å². The van der Waals surface area contributed by atoms with Gasteiger partial charge in [0.05, 0.1) is 16.6 Å². The van der Waals surface area contributed by atoms with Crippen molar-refractivity contribution in [2.45, 2.75) is 26.6 Å². The van der Waals surface area contributed by atoms with Crippen molar-refractivity contribution in [2.75, 3.05) is 0 Å². The highest BCUT2D eigenvalue weighted by atomic mass is 19.4. The molecule has 8 heteroatoms. The van der Waals surface area contributed by atoms with Crippen molar-refractivity contribution in [3.8, 4) is 0 Å². The van der Waals surface area contributed by atoms with Crippen molar-refractivity contribution in [1.29, 1.82) is 0 Å². The maximum absolute atomic E-state index is 13.0. The minimum atomic E-state index is -4.53. The van der Waals surface area contributed by atoms with Gasteiger partial charge in [0.1, 0.15) is 6.54 Å². The van der Waals surface area contributed by atoms with Gasteiger partial charge in [0.25, 0.3) is 0 Å². The summed E-state index contributed by atoms with van der Waals surface area (Å²) in [6, 6.07) is 0.933. The van der Waals surface area contributed by atoms with Crippen LogP contribution in [-0.4, -0.2) is 25.8 Å². The fraction of sp³-hybridized carbons (Fsp3) is 0.364. The minimum Gasteiger partial charge on any atom is -0.480 e. The van der Waals surface area contributed by atoms with Gasteiger partial charge in [-0.1, -0.05) is 0 Å². The second-order valence-electron chi connectivity index (χ2n) is 4.14. The second-order valence-corrected chi connectivity index (χ2v) is 4.14. The molecule has 2 heterocycles. The number of alkyl halides is 3. The van der Waals surface area contributed by atoms with E-state index in [-0.39, 0.29) is 22.4 Å². The van der Waals surface area contributed by atoms with Gasteiger partial charge in [0.2, 0.25) is 0 Å². The molecular weight excluding hydrogens is 263 g/mol. The minimum absolute atomic E-state index is 0.0628. The SMILES string of the molecule is Cc1cc(C(F)(F)F)c2c(C)nn(CC(=O)O)c2n1. The van der Waals surface area contributed by atoms with Crippen molar-refractivity contribution in [1.82, 2.24) is 14.8 Å². The Bertz CT molecular complexity index is 661. The largest absolute Gasteiger partial charge is 0.480 e. The highest BCUT2D eigenvalue weighted by molar-refractivity contribution is 5.84. The normalized spacial score (nSPS) is 12.1. The molecule has 0 unspecified atom stereocenters. The van der Waals surface area contributed by atoms with Crippen LogP contribution in [0, 0.1) is 13.8 Å². The van der Waals surface area contributed by atoms with Crippen molar-refractivity contribution in [2.24, 2.45) is 0 Å². The van der Waals surface area contributed by atoms with Crippen LogP contribution in [0.5, 0.6) is 0 Å². The molecule has 0 saturated heterocycles. The molecule has 5 nitrogen and oxygen atoms in total. The van der Waals surface area contributed by atoms with Crippen LogP contribution in [0.1, 0.15) is 17.0 Å². The highest BCUT2D eigenvalue weighted by Crippen LogP contribution is 2.36. The molecule has 1 N–H and O–H groups in total. The number of aryl methyl sites for hydroxylation is 2. The van der Waals surface area contributed by atoms with E-state index in [0.29, 0.717) is 0 Å². The van der Waals surface area contributed by atoms with E-state index < -0.39 is 24.3 Å². The molecule has 0 aromatic carbocycles. The summed E-state index contributed by atoms with van der Waals surface area (Å²) in [5, 5.41) is 12.4. The molecule has 0 aliphatic carbocycles. The first-order valence-corrected chi connectivity index (χ1v) is 5.34. The number of halogens is 3. The average molecular weight is 273 g/mol. The maximum atomic E-state index is 13.0. The molecule has 0 fully saturated rings. The van der Waals surface area contributed by atoms with Crippen LogP contribution < -0.4 is 0 Å². The predicted molar refractivity (Wildman–Crippen MR) is 59.6 cm³/mol. The van der Waals surface area contributed by atoms with E-state index in [2.05, 4.69) is 10.1 Å². The Balaban J connectivity index is 2.79. The third kappa shape index (κ3) is 2.38. The molecule has 2 rings (SSSR count). The van der Waals surface area contributed by atoms with Crippen LogP contribution in [0.3, 0.4) is 0 Å². The standard InChI is InChI=1S/C11H10F3N3O2/c1-5-3-7(11(12,13)14)9-6(2)16-17(4-8(18)19)10(9)15-5/h3H,4H2,1-2H3,(H,18,19). The fourth-order valence-electron chi connectivity index (χ4n) is 1.94. The Hall–Kier alpha value is -2.12. The molecule has 2 aromatic heterocycles. The molecule has 0 saturated carbocycles. The monoisotopic (exact) mass is 273 g/mol. The number of hydrogen-bond donors (Lipinski definition) is 1. The van der Waals surface area contributed by atoms with Crippen LogP contribution in [-0.2, 0) is 17.5 Å². The Labute approximate surface area is 105 Å². The van der Waals surface area contributed by atoms with E-state index >= 15 is 0 Å². The smallest absolute Gasteiger partial charge is 0.417 e. The van der Waals surface area contributed by atoms with Gasteiger partial charge in [0.15, 0.2) is 5.65 Å². The van der Waals surface area contributed by atoms with Crippen molar-refractivity contribution >= 4 is 17.0 Å². The number of aliphatic carboxylic acids is 1. The van der Waals surface area contributed by atoms with E-state index in [4.69, 9.17) is 5.11 Å². The second kappa shape index (κ2) is 4.22. The Morgan fingerprint density at radius 1 is 1.42 bits per heavy atom. The lowest BCUT2D eigenvalue weighted by atomic mass is 10.1. The van der Waals surface area contributed by atoms with Gasteiger partial charge >= 0.3 is 12.1 Å². The third-order valence-corrected chi connectivity index (χ3v) is 2.60. The summed E-state index contributed by atoms with van der Waals surface area (Å²) < 4.78 is 39.9. The Morgan fingerprint density at radius 2 is 2.05 bits per heavy atom. The number of pyridine rings is 1. The molecule has 2 aromatic rings. The number of rotatable bonds is 2. The quantitative estimate of drug-likeness (QED) is 0.910. The molecule has 19 heavy (non-hydrogen) atoms. The van der Waals surface area contributed by atoms with E-state index in [1.165, 1.54) is 13.8 Å². The van der Waals surface area contributed by atoms with E-state index in [9.17, 15) is 18.0 Å². The summed E-state index contributed by atoms with van der Waals surface area (Å²) in [7, 11) is 0. The summed E-state index contributed by atoms with van der Waals surface area (Å²) in [5.41, 5.74) is -0.640. The zero-order valence-electron chi connectivity index (χ0n) is 10.1. The molecule has 0 aliphatic rings. The summed E-state index contributed by atoms with van der Waals surface area (Å²) in [6.45, 7) is 2.28. The number of nitrogens with zero attached hydrogens (tertiary/aromatic N) is 3. The lowest BCUT2D eigenvalue weighted by Gasteiger charge is -2.09. The number of fused-ring (bicyclic) bond motifs is 1. The lowest BCUT2D eigenvalue weighted by molar-refractivity contribution is -0.138. The Kier molecular flexibility index (Phi) is 2.95. The van der Waals surface area contributed by atoms with Gasteiger partial charge in [-0.2, -0.15) is 18.3 Å². The van der Waals surface area contributed by atoms with E-state index in [1.807, 2.05) is 0 Å². The van der Waals surface area contributed by atoms with Gasteiger partial charge < -0.3 is 5.11 Å². The molecule has 102 valence electrons. The zero-order chi connectivity index (χ0) is 14.4. The topological polar surface area (TPSA) is 68.0 Å². The lowest BCUT2D eigenvalue weighted by Crippen LogP contribution is -2.12. The highest BCUT2D eigenvalue weighted by Gasteiger charge is 2.35. The summed E-state index contributed by atoms with van der Waals surface area (Å²) in [6.07, 6.45) is -4.53. The summed E-state index contributed by atoms with van der Waals surface area (Å²) in [4.78, 5) is 14.6. The number of carboxylic acids is 1. The third-order valence-electron chi connectivity index (χ3n) is 2.60. The zero-order valence-corrected chi connectivity index (χ0v) is 10.1. The average Bonchev–Trinajstić information content (AvgIpc) is 2.52. The van der Waals surface area contributed by atoms with Gasteiger partial charge in [-0.15, -0.1) is 0 Å². The fourth-order valence-corrected chi connectivity index (χ4v) is 1.94. The summed E-state index contributed by atoms with van der Waals surface area (Å²) >= 11 is 0. The molecule has 0 spiro atoms. The van der Waals surface area contributed by atoms with Crippen molar-refractivity contribution in [3.05, 3.63) is 23.0 Å². The number of carboxylic acid groups (broad SMARTS) is 1. The number of carbonyl (C=O) groups is 1. The molecule has 0 bridgehead atoms. The first-order valence-electron chi connectivity index (χ1n) is 5.34. The Morgan fingerprint density at radius 3 is 2.58 bits per heavy atom. The van der Waals surface area contributed by atoms with Crippen LogP contribution in [0.4, 0.5) is 13.2 Å². The molecule has 0 atom stereocenters. The van der Waals surface area contributed by atoms with E-state index in [0.717, 1.165) is 10.7 Å². The summed E-state index contributed by atoms with van der Waals surface area (Å²) in [5.74, 6) is -1.19. The van der Waals surface area contributed by atoms with Gasteiger partial charge in [-0.05, 0) is 19.9 Å². The van der Waals surface area contributed by atoms with Gasteiger partial charge in [0, 0.05) is 5.69 Å². The predicted octanol–water partition coefficient (Wildman–Crippen LogP) is 2.15. The number of hydrogen-bond acceptors (Lipinski definition) is 3. The molecule has 0 aliphatic heterocycles. The molecule has 0 amide bonds.